The van der Waals surface area contributed by atoms with E-state index in [1.807, 2.05) is 36.4 Å². The van der Waals surface area contributed by atoms with Crippen LogP contribution in [-0.4, -0.2) is 6.21 Å². The zero-order chi connectivity index (χ0) is 13.2. The van der Waals surface area contributed by atoms with Gasteiger partial charge in [-0.05, 0) is 42.7 Å². The van der Waals surface area contributed by atoms with Crippen molar-refractivity contribution in [2.75, 3.05) is 5.43 Å². The van der Waals surface area contributed by atoms with Crippen LogP contribution < -0.4 is 5.43 Å². The standard InChI is InChI=1S/C15H15ClN2O/c1-10-7-14(10)15-6-5-13(19-15)9-17-18-12-4-2-3-11(16)8-12/h2-6,8-10,14,18H,7H2,1H3/b17-9-/t10-,14-/m1/s1. The normalized spacial score (nSPS) is 21.8. The van der Waals surface area contributed by atoms with Crippen molar-refractivity contribution in [1.29, 1.82) is 0 Å². The van der Waals surface area contributed by atoms with E-state index in [4.69, 9.17) is 16.0 Å². The Kier molecular flexibility index (Phi) is 3.30. The highest BCUT2D eigenvalue weighted by Gasteiger charge is 2.36. The fourth-order valence-corrected chi connectivity index (χ4v) is 2.27. The van der Waals surface area contributed by atoms with Crippen LogP contribution in [0.4, 0.5) is 5.69 Å². The maximum Gasteiger partial charge on any atom is 0.147 e. The third-order valence-electron chi connectivity index (χ3n) is 3.33. The van der Waals surface area contributed by atoms with Crippen LogP contribution in [0.3, 0.4) is 0 Å². The molecule has 19 heavy (non-hydrogen) atoms. The highest BCUT2D eigenvalue weighted by molar-refractivity contribution is 6.30. The van der Waals surface area contributed by atoms with Crippen molar-refractivity contribution in [1.82, 2.24) is 0 Å². The van der Waals surface area contributed by atoms with E-state index < -0.39 is 0 Å². The van der Waals surface area contributed by atoms with Crippen LogP contribution in [0.1, 0.15) is 30.8 Å². The van der Waals surface area contributed by atoms with Gasteiger partial charge in [0.05, 0.1) is 11.9 Å². The van der Waals surface area contributed by atoms with E-state index in [-0.39, 0.29) is 0 Å². The average molecular weight is 275 g/mol. The van der Waals surface area contributed by atoms with Crippen LogP contribution >= 0.6 is 11.6 Å². The Labute approximate surface area is 117 Å². The van der Waals surface area contributed by atoms with Gasteiger partial charge in [-0.25, -0.2) is 0 Å². The molecule has 4 heteroatoms. The fourth-order valence-electron chi connectivity index (χ4n) is 2.08. The number of nitrogens with zero attached hydrogens (tertiary/aromatic N) is 1. The molecule has 0 bridgehead atoms. The summed E-state index contributed by atoms with van der Waals surface area (Å²) in [5.74, 6) is 3.18. The summed E-state index contributed by atoms with van der Waals surface area (Å²) in [6, 6.07) is 11.4. The smallest absolute Gasteiger partial charge is 0.147 e. The largest absolute Gasteiger partial charge is 0.460 e. The van der Waals surface area contributed by atoms with Gasteiger partial charge in [0.25, 0.3) is 0 Å². The molecule has 3 rings (SSSR count). The Morgan fingerprint density at radius 1 is 1.37 bits per heavy atom. The molecule has 98 valence electrons. The lowest BCUT2D eigenvalue weighted by molar-refractivity contribution is 0.500. The number of furan rings is 1. The molecule has 0 unspecified atom stereocenters. The molecule has 0 aliphatic heterocycles. The van der Waals surface area contributed by atoms with Crippen molar-refractivity contribution < 1.29 is 4.42 Å². The van der Waals surface area contributed by atoms with E-state index in [1.165, 1.54) is 6.42 Å². The van der Waals surface area contributed by atoms with Gasteiger partial charge in [-0.2, -0.15) is 5.10 Å². The summed E-state index contributed by atoms with van der Waals surface area (Å²) >= 11 is 5.89. The van der Waals surface area contributed by atoms with E-state index in [0.717, 1.165) is 23.1 Å². The molecule has 0 saturated heterocycles. The Balaban J connectivity index is 1.61. The maximum absolute atomic E-state index is 5.89. The Morgan fingerprint density at radius 3 is 2.95 bits per heavy atom. The predicted molar refractivity (Wildman–Crippen MR) is 77.9 cm³/mol. The Morgan fingerprint density at radius 2 is 2.21 bits per heavy atom. The van der Waals surface area contributed by atoms with Crippen LogP contribution in [0, 0.1) is 5.92 Å². The van der Waals surface area contributed by atoms with Crippen LogP contribution in [0.15, 0.2) is 45.9 Å². The van der Waals surface area contributed by atoms with Crippen molar-refractivity contribution in [3.05, 3.63) is 52.9 Å². The molecule has 0 radical (unpaired) electrons. The van der Waals surface area contributed by atoms with Gasteiger partial charge in [-0.3, -0.25) is 5.43 Å². The van der Waals surface area contributed by atoms with E-state index in [9.17, 15) is 0 Å². The van der Waals surface area contributed by atoms with E-state index >= 15 is 0 Å². The molecular weight excluding hydrogens is 260 g/mol. The number of hydrogen-bond donors (Lipinski definition) is 1. The minimum absolute atomic E-state index is 0.600. The quantitative estimate of drug-likeness (QED) is 0.658. The van der Waals surface area contributed by atoms with Crippen LogP contribution in [-0.2, 0) is 0 Å². The summed E-state index contributed by atoms with van der Waals surface area (Å²) in [6.07, 6.45) is 2.91. The number of nitrogens with one attached hydrogen (secondary N) is 1. The lowest BCUT2D eigenvalue weighted by Crippen LogP contribution is -1.89. The summed E-state index contributed by atoms with van der Waals surface area (Å²) in [7, 11) is 0. The van der Waals surface area contributed by atoms with Crippen LogP contribution in [0.25, 0.3) is 0 Å². The van der Waals surface area contributed by atoms with Gasteiger partial charge in [0.2, 0.25) is 0 Å². The van der Waals surface area contributed by atoms with Gasteiger partial charge in [0, 0.05) is 10.9 Å². The molecule has 1 heterocycles. The van der Waals surface area contributed by atoms with Gasteiger partial charge in [-0.15, -0.1) is 0 Å². The summed E-state index contributed by atoms with van der Waals surface area (Å²) in [6.45, 7) is 2.24. The van der Waals surface area contributed by atoms with Crippen molar-refractivity contribution in [3.8, 4) is 0 Å². The maximum atomic E-state index is 5.89. The second-order valence-corrected chi connectivity index (χ2v) is 5.38. The third kappa shape index (κ3) is 2.99. The first-order valence-electron chi connectivity index (χ1n) is 6.37. The van der Waals surface area contributed by atoms with Gasteiger partial charge in [0.15, 0.2) is 0 Å². The first kappa shape index (κ1) is 12.3. The van der Waals surface area contributed by atoms with Gasteiger partial charge < -0.3 is 4.42 Å². The van der Waals surface area contributed by atoms with E-state index in [0.29, 0.717) is 10.9 Å². The summed E-state index contributed by atoms with van der Waals surface area (Å²) < 4.78 is 5.72. The molecular formula is C15H15ClN2O. The highest BCUT2D eigenvalue weighted by Crippen LogP contribution is 2.47. The number of rotatable bonds is 4. The number of benzene rings is 1. The minimum Gasteiger partial charge on any atom is -0.460 e. The van der Waals surface area contributed by atoms with Crippen LogP contribution in [0.2, 0.25) is 5.02 Å². The predicted octanol–water partition coefficient (Wildman–Crippen LogP) is 4.50. The zero-order valence-electron chi connectivity index (χ0n) is 10.6. The lowest BCUT2D eigenvalue weighted by Gasteiger charge is -1.99. The third-order valence-corrected chi connectivity index (χ3v) is 3.57. The van der Waals surface area contributed by atoms with Crippen LogP contribution in [0.5, 0.6) is 0 Å². The highest BCUT2D eigenvalue weighted by atomic mass is 35.5. The summed E-state index contributed by atoms with van der Waals surface area (Å²) in [5.41, 5.74) is 3.77. The van der Waals surface area contributed by atoms with Crippen molar-refractivity contribution in [2.24, 2.45) is 11.0 Å². The average Bonchev–Trinajstić information content (AvgIpc) is 2.93. The van der Waals surface area contributed by atoms with Gasteiger partial charge in [0.1, 0.15) is 11.5 Å². The molecule has 1 N–H and O–H groups in total. The summed E-state index contributed by atoms with van der Waals surface area (Å²) in [5, 5.41) is 4.82. The van der Waals surface area contributed by atoms with Crippen molar-refractivity contribution in [3.63, 3.8) is 0 Å². The first-order valence-corrected chi connectivity index (χ1v) is 6.74. The lowest BCUT2D eigenvalue weighted by atomic mass is 10.3. The molecule has 1 aromatic carbocycles. The van der Waals surface area contributed by atoms with Crippen molar-refractivity contribution in [2.45, 2.75) is 19.3 Å². The second kappa shape index (κ2) is 5.10. The van der Waals surface area contributed by atoms with E-state index in [1.54, 1.807) is 6.21 Å². The molecule has 2 aromatic rings. The minimum atomic E-state index is 0.600. The van der Waals surface area contributed by atoms with Crippen molar-refractivity contribution >= 4 is 23.5 Å². The second-order valence-electron chi connectivity index (χ2n) is 4.94. The zero-order valence-corrected chi connectivity index (χ0v) is 11.4. The van der Waals surface area contributed by atoms with Gasteiger partial charge in [-0.1, -0.05) is 24.6 Å². The Bertz CT molecular complexity index is 606. The number of anilines is 1. The first-order chi connectivity index (χ1) is 9.22. The molecule has 1 aliphatic carbocycles. The number of hydrazone groups is 1. The topological polar surface area (TPSA) is 37.5 Å². The monoisotopic (exact) mass is 274 g/mol. The van der Waals surface area contributed by atoms with E-state index in [2.05, 4.69) is 17.5 Å². The molecule has 3 nitrogen and oxygen atoms in total. The molecule has 1 saturated carbocycles. The molecule has 0 amide bonds. The molecule has 1 aliphatic rings. The molecule has 2 atom stereocenters. The molecule has 1 fully saturated rings. The molecule has 1 aromatic heterocycles. The fraction of sp³-hybridized carbons (Fsp3) is 0.267. The SMILES string of the molecule is C[C@@H]1C[C@H]1c1ccc(/C=N\Nc2cccc(Cl)c2)o1. The van der Waals surface area contributed by atoms with Gasteiger partial charge >= 0.3 is 0 Å². The summed E-state index contributed by atoms with van der Waals surface area (Å²) in [4.78, 5) is 0. The Hall–Kier alpha value is -1.74. The number of halogens is 1. The molecule has 0 spiro atoms. The number of hydrogen-bond acceptors (Lipinski definition) is 3.